The maximum absolute atomic E-state index is 5.74. The Morgan fingerprint density at radius 2 is 2.46 bits per heavy atom. The fraction of sp³-hybridized carbons (Fsp3) is 1.00. The topological polar surface area (TPSA) is 56.5 Å². The van der Waals surface area contributed by atoms with E-state index in [1.807, 2.05) is 0 Å². The molecule has 0 saturated carbocycles. The molecule has 1 saturated heterocycles. The van der Waals surface area contributed by atoms with E-state index >= 15 is 0 Å². The standard InChI is InChI=1S/C9H20N2O2/c1-12-6-4-11-9(7-10)3-2-5-13-8-9/h11H,2-8,10H2,1H3. The molecule has 0 amide bonds. The zero-order valence-corrected chi connectivity index (χ0v) is 8.34. The molecule has 1 fully saturated rings. The van der Waals surface area contributed by atoms with Crippen molar-refractivity contribution in [3.63, 3.8) is 0 Å². The minimum Gasteiger partial charge on any atom is -0.383 e. The highest BCUT2D eigenvalue weighted by Crippen LogP contribution is 2.17. The minimum absolute atomic E-state index is 0.00319. The van der Waals surface area contributed by atoms with E-state index < -0.39 is 0 Å². The van der Waals surface area contributed by atoms with Crippen molar-refractivity contribution >= 4 is 0 Å². The fourth-order valence-electron chi connectivity index (χ4n) is 1.64. The van der Waals surface area contributed by atoms with Gasteiger partial charge < -0.3 is 20.5 Å². The lowest BCUT2D eigenvalue weighted by Crippen LogP contribution is -2.57. The first-order valence-electron chi connectivity index (χ1n) is 4.85. The molecule has 1 aliphatic rings. The Hall–Kier alpha value is -0.160. The number of hydrogen-bond acceptors (Lipinski definition) is 4. The van der Waals surface area contributed by atoms with Crippen LogP contribution in [0.2, 0.25) is 0 Å². The molecule has 0 radical (unpaired) electrons. The average Bonchev–Trinajstić information content (AvgIpc) is 2.20. The summed E-state index contributed by atoms with van der Waals surface area (Å²) >= 11 is 0. The van der Waals surface area contributed by atoms with Crippen molar-refractivity contribution in [2.75, 3.05) is 40.0 Å². The Bertz CT molecular complexity index is 136. The van der Waals surface area contributed by atoms with Gasteiger partial charge in [0.05, 0.1) is 18.8 Å². The number of nitrogens with two attached hydrogens (primary N) is 1. The van der Waals surface area contributed by atoms with Crippen molar-refractivity contribution in [1.82, 2.24) is 5.32 Å². The first-order chi connectivity index (χ1) is 6.33. The summed E-state index contributed by atoms with van der Waals surface area (Å²) in [6.07, 6.45) is 2.20. The SMILES string of the molecule is COCCNC1(CN)CCCOC1. The molecule has 4 heteroatoms. The molecule has 13 heavy (non-hydrogen) atoms. The van der Waals surface area contributed by atoms with Crippen molar-refractivity contribution in [2.45, 2.75) is 18.4 Å². The predicted molar refractivity (Wildman–Crippen MR) is 51.7 cm³/mol. The molecule has 4 nitrogen and oxygen atoms in total. The summed E-state index contributed by atoms with van der Waals surface area (Å²) in [4.78, 5) is 0. The van der Waals surface area contributed by atoms with Gasteiger partial charge in [0, 0.05) is 26.8 Å². The van der Waals surface area contributed by atoms with Gasteiger partial charge in [0.1, 0.15) is 0 Å². The van der Waals surface area contributed by atoms with Crippen LogP contribution in [-0.2, 0) is 9.47 Å². The van der Waals surface area contributed by atoms with E-state index in [1.165, 1.54) is 0 Å². The lowest BCUT2D eigenvalue weighted by atomic mass is 9.92. The zero-order chi connectivity index (χ0) is 9.57. The summed E-state index contributed by atoms with van der Waals surface area (Å²) in [6.45, 7) is 3.80. The second-order valence-electron chi connectivity index (χ2n) is 3.56. The molecule has 0 bridgehead atoms. The first kappa shape index (κ1) is 10.9. The second kappa shape index (κ2) is 5.54. The van der Waals surface area contributed by atoms with Gasteiger partial charge in [-0.05, 0) is 12.8 Å². The van der Waals surface area contributed by atoms with E-state index in [1.54, 1.807) is 7.11 Å². The summed E-state index contributed by atoms with van der Waals surface area (Å²) < 4.78 is 10.4. The summed E-state index contributed by atoms with van der Waals surface area (Å²) in [6, 6.07) is 0. The second-order valence-corrected chi connectivity index (χ2v) is 3.56. The quantitative estimate of drug-likeness (QED) is 0.583. The van der Waals surface area contributed by atoms with Crippen molar-refractivity contribution in [3.8, 4) is 0 Å². The lowest BCUT2D eigenvalue weighted by Gasteiger charge is -2.36. The van der Waals surface area contributed by atoms with Gasteiger partial charge in [-0.3, -0.25) is 0 Å². The van der Waals surface area contributed by atoms with Crippen molar-refractivity contribution in [3.05, 3.63) is 0 Å². The van der Waals surface area contributed by atoms with Gasteiger partial charge in [0.2, 0.25) is 0 Å². The number of methoxy groups -OCH3 is 1. The first-order valence-corrected chi connectivity index (χ1v) is 4.85. The van der Waals surface area contributed by atoms with Crippen LogP contribution in [0.3, 0.4) is 0 Å². The number of rotatable bonds is 5. The molecule has 1 unspecified atom stereocenters. The van der Waals surface area contributed by atoms with Gasteiger partial charge in [0.25, 0.3) is 0 Å². The Labute approximate surface area is 79.8 Å². The monoisotopic (exact) mass is 188 g/mol. The number of nitrogens with one attached hydrogen (secondary N) is 1. The molecule has 0 aromatic heterocycles. The molecule has 0 aromatic carbocycles. The highest BCUT2D eigenvalue weighted by Gasteiger charge is 2.30. The largest absolute Gasteiger partial charge is 0.383 e. The molecule has 1 rings (SSSR count). The van der Waals surface area contributed by atoms with E-state index in [9.17, 15) is 0 Å². The summed E-state index contributed by atoms with van der Waals surface area (Å²) in [5, 5.41) is 3.41. The number of ether oxygens (including phenoxy) is 2. The van der Waals surface area contributed by atoms with Gasteiger partial charge in [-0.2, -0.15) is 0 Å². The Balaban J connectivity index is 2.29. The molecule has 1 atom stereocenters. The van der Waals surface area contributed by atoms with Crippen molar-refractivity contribution < 1.29 is 9.47 Å². The highest BCUT2D eigenvalue weighted by molar-refractivity contribution is 4.90. The van der Waals surface area contributed by atoms with Crippen molar-refractivity contribution in [2.24, 2.45) is 5.73 Å². The Kier molecular flexibility index (Phi) is 4.66. The summed E-state index contributed by atoms with van der Waals surface area (Å²) in [5.74, 6) is 0. The molecular weight excluding hydrogens is 168 g/mol. The third-order valence-corrected chi connectivity index (χ3v) is 2.52. The van der Waals surface area contributed by atoms with Gasteiger partial charge >= 0.3 is 0 Å². The third kappa shape index (κ3) is 3.23. The van der Waals surface area contributed by atoms with Crippen LogP contribution in [0.1, 0.15) is 12.8 Å². The van der Waals surface area contributed by atoms with Crippen LogP contribution >= 0.6 is 0 Å². The lowest BCUT2D eigenvalue weighted by molar-refractivity contribution is 0.0212. The normalized spacial score (nSPS) is 29.1. The molecule has 1 aliphatic heterocycles. The Morgan fingerprint density at radius 1 is 1.62 bits per heavy atom. The summed E-state index contributed by atoms with van der Waals surface area (Å²) in [7, 11) is 1.70. The molecule has 0 aliphatic carbocycles. The van der Waals surface area contributed by atoms with Crippen molar-refractivity contribution in [1.29, 1.82) is 0 Å². The van der Waals surface area contributed by atoms with Gasteiger partial charge in [-0.25, -0.2) is 0 Å². The zero-order valence-electron chi connectivity index (χ0n) is 8.34. The fourth-order valence-corrected chi connectivity index (χ4v) is 1.64. The maximum Gasteiger partial charge on any atom is 0.0660 e. The smallest absolute Gasteiger partial charge is 0.0660 e. The van der Waals surface area contributed by atoms with Crippen LogP contribution in [0.5, 0.6) is 0 Å². The van der Waals surface area contributed by atoms with E-state index in [0.29, 0.717) is 6.54 Å². The molecule has 0 aromatic rings. The van der Waals surface area contributed by atoms with Gasteiger partial charge in [0.15, 0.2) is 0 Å². The molecule has 78 valence electrons. The van der Waals surface area contributed by atoms with Crippen LogP contribution in [0.25, 0.3) is 0 Å². The van der Waals surface area contributed by atoms with Crippen LogP contribution in [0.15, 0.2) is 0 Å². The van der Waals surface area contributed by atoms with E-state index in [0.717, 1.165) is 39.2 Å². The van der Waals surface area contributed by atoms with E-state index in [-0.39, 0.29) is 5.54 Å². The van der Waals surface area contributed by atoms with Gasteiger partial charge in [-0.1, -0.05) is 0 Å². The number of hydrogen-bond donors (Lipinski definition) is 2. The Morgan fingerprint density at radius 3 is 3.00 bits per heavy atom. The molecule has 1 heterocycles. The van der Waals surface area contributed by atoms with Crippen LogP contribution in [0, 0.1) is 0 Å². The molecular formula is C9H20N2O2. The maximum atomic E-state index is 5.74. The molecule has 0 spiro atoms. The minimum atomic E-state index is -0.00319. The van der Waals surface area contributed by atoms with Crippen LogP contribution in [-0.4, -0.2) is 45.6 Å². The summed E-state index contributed by atoms with van der Waals surface area (Å²) in [5.41, 5.74) is 5.73. The predicted octanol–water partition coefficient (Wildman–Crippen LogP) is -0.270. The van der Waals surface area contributed by atoms with E-state index in [4.69, 9.17) is 15.2 Å². The third-order valence-electron chi connectivity index (χ3n) is 2.52. The van der Waals surface area contributed by atoms with Gasteiger partial charge in [-0.15, -0.1) is 0 Å². The van der Waals surface area contributed by atoms with Crippen LogP contribution in [0.4, 0.5) is 0 Å². The van der Waals surface area contributed by atoms with Crippen LogP contribution < -0.4 is 11.1 Å². The average molecular weight is 188 g/mol. The molecule has 3 N–H and O–H groups in total. The highest BCUT2D eigenvalue weighted by atomic mass is 16.5. The van der Waals surface area contributed by atoms with E-state index in [2.05, 4.69) is 5.32 Å².